The van der Waals surface area contributed by atoms with Gasteiger partial charge in [-0.15, -0.1) is 0 Å². The van der Waals surface area contributed by atoms with Crippen LogP contribution in [0.5, 0.6) is 0 Å². The SMILES string of the molecule is CCC(=O)OC1CCC[C@@H](c2ccnc3ccc(F)cc23)C1. The molecule has 0 amide bonds. The van der Waals surface area contributed by atoms with Gasteiger partial charge in [-0.1, -0.05) is 6.92 Å². The number of rotatable bonds is 3. The first-order valence-corrected chi connectivity index (χ1v) is 7.91. The maximum atomic E-state index is 13.6. The summed E-state index contributed by atoms with van der Waals surface area (Å²) in [5.74, 6) is -0.0986. The minimum atomic E-state index is -0.244. The lowest BCUT2D eigenvalue weighted by Gasteiger charge is -2.29. The summed E-state index contributed by atoms with van der Waals surface area (Å²) in [6.45, 7) is 1.81. The van der Waals surface area contributed by atoms with Crippen LogP contribution in [0.25, 0.3) is 10.9 Å². The Kier molecular flexibility index (Phi) is 4.36. The van der Waals surface area contributed by atoms with E-state index in [1.165, 1.54) is 6.07 Å². The first-order chi connectivity index (χ1) is 10.7. The van der Waals surface area contributed by atoms with E-state index in [0.29, 0.717) is 6.42 Å². The van der Waals surface area contributed by atoms with Crippen molar-refractivity contribution in [1.82, 2.24) is 4.98 Å². The summed E-state index contributed by atoms with van der Waals surface area (Å²) >= 11 is 0. The van der Waals surface area contributed by atoms with Gasteiger partial charge in [0.25, 0.3) is 0 Å². The van der Waals surface area contributed by atoms with Gasteiger partial charge in [0, 0.05) is 18.0 Å². The number of esters is 1. The quantitative estimate of drug-likeness (QED) is 0.791. The summed E-state index contributed by atoms with van der Waals surface area (Å²) in [6.07, 6.45) is 5.94. The third-order valence-electron chi connectivity index (χ3n) is 4.39. The van der Waals surface area contributed by atoms with Gasteiger partial charge in [-0.2, -0.15) is 0 Å². The van der Waals surface area contributed by atoms with Crippen molar-refractivity contribution in [2.75, 3.05) is 0 Å². The van der Waals surface area contributed by atoms with Crippen molar-refractivity contribution in [3.63, 3.8) is 0 Å². The number of hydrogen-bond donors (Lipinski definition) is 0. The second-order valence-corrected chi connectivity index (χ2v) is 5.89. The summed E-state index contributed by atoms with van der Waals surface area (Å²) in [5.41, 5.74) is 1.92. The van der Waals surface area contributed by atoms with Gasteiger partial charge in [0.2, 0.25) is 0 Å². The third kappa shape index (κ3) is 3.11. The number of nitrogens with zero attached hydrogens (tertiary/aromatic N) is 1. The van der Waals surface area contributed by atoms with Gasteiger partial charge in [-0.3, -0.25) is 9.78 Å². The van der Waals surface area contributed by atoms with Gasteiger partial charge >= 0.3 is 5.97 Å². The van der Waals surface area contributed by atoms with E-state index < -0.39 is 0 Å². The molecule has 1 aliphatic rings. The summed E-state index contributed by atoms with van der Waals surface area (Å²) in [7, 11) is 0. The minimum Gasteiger partial charge on any atom is -0.462 e. The fraction of sp³-hybridized carbons (Fsp3) is 0.444. The molecule has 1 unspecified atom stereocenters. The molecular weight excluding hydrogens is 281 g/mol. The molecule has 22 heavy (non-hydrogen) atoms. The van der Waals surface area contributed by atoms with Crippen molar-refractivity contribution in [3.8, 4) is 0 Å². The Bertz CT molecular complexity index is 686. The van der Waals surface area contributed by atoms with Crippen LogP contribution in [0.3, 0.4) is 0 Å². The van der Waals surface area contributed by atoms with Crippen LogP contribution >= 0.6 is 0 Å². The van der Waals surface area contributed by atoms with Crippen LogP contribution in [0.4, 0.5) is 4.39 Å². The predicted octanol–water partition coefficient (Wildman–Crippen LogP) is 4.35. The van der Waals surface area contributed by atoms with Crippen LogP contribution in [0.2, 0.25) is 0 Å². The van der Waals surface area contributed by atoms with E-state index in [4.69, 9.17) is 4.74 Å². The summed E-state index contributed by atoms with van der Waals surface area (Å²) in [6, 6.07) is 6.67. The normalized spacial score (nSPS) is 21.7. The van der Waals surface area contributed by atoms with E-state index >= 15 is 0 Å². The zero-order valence-electron chi connectivity index (χ0n) is 12.7. The Morgan fingerprint density at radius 3 is 3.05 bits per heavy atom. The highest BCUT2D eigenvalue weighted by molar-refractivity contribution is 5.82. The van der Waals surface area contributed by atoms with E-state index in [1.807, 2.05) is 13.0 Å². The van der Waals surface area contributed by atoms with Crippen molar-refractivity contribution in [3.05, 3.63) is 41.8 Å². The molecule has 1 aromatic carbocycles. The molecule has 1 heterocycles. The van der Waals surface area contributed by atoms with E-state index in [0.717, 1.165) is 42.1 Å². The zero-order valence-corrected chi connectivity index (χ0v) is 12.7. The standard InChI is InChI=1S/C18H20FNO2/c1-2-18(21)22-14-5-3-4-12(10-14)15-8-9-20-17-7-6-13(19)11-16(15)17/h6-9,11-12,14H,2-5,10H2,1H3/t12-,14?/m1/s1. The molecule has 0 bridgehead atoms. The molecule has 0 saturated heterocycles. The van der Waals surface area contributed by atoms with Gasteiger partial charge < -0.3 is 4.74 Å². The second-order valence-electron chi connectivity index (χ2n) is 5.89. The van der Waals surface area contributed by atoms with Crippen molar-refractivity contribution in [2.45, 2.75) is 51.0 Å². The van der Waals surface area contributed by atoms with E-state index in [2.05, 4.69) is 4.98 Å². The molecule has 0 aliphatic heterocycles. The monoisotopic (exact) mass is 301 g/mol. The zero-order chi connectivity index (χ0) is 15.5. The lowest BCUT2D eigenvalue weighted by atomic mass is 9.81. The molecule has 1 aliphatic carbocycles. The van der Waals surface area contributed by atoms with Gasteiger partial charge in [-0.05, 0) is 61.4 Å². The molecular formula is C18H20FNO2. The van der Waals surface area contributed by atoms with Crippen molar-refractivity contribution in [1.29, 1.82) is 0 Å². The summed E-state index contributed by atoms with van der Waals surface area (Å²) in [4.78, 5) is 15.8. The molecule has 0 spiro atoms. The van der Waals surface area contributed by atoms with Crippen LogP contribution in [-0.4, -0.2) is 17.1 Å². The lowest BCUT2D eigenvalue weighted by Crippen LogP contribution is -2.24. The number of carbonyl (C=O) groups is 1. The van der Waals surface area contributed by atoms with E-state index in [9.17, 15) is 9.18 Å². The number of carbonyl (C=O) groups excluding carboxylic acids is 1. The number of hydrogen-bond acceptors (Lipinski definition) is 3. The number of ether oxygens (including phenoxy) is 1. The Labute approximate surface area is 129 Å². The van der Waals surface area contributed by atoms with E-state index in [-0.39, 0.29) is 23.8 Å². The van der Waals surface area contributed by atoms with E-state index in [1.54, 1.807) is 18.3 Å². The van der Waals surface area contributed by atoms with Gasteiger partial charge in [-0.25, -0.2) is 4.39 Å². The van der Waals surface area contributed by atoms with Gasteiger partial charge in [0.05, 0.1) is 5.52 Å². The molecule has 1 saturated carbocycles. The Balaban J connectivity index is 1.87. The first-order valence-electron chi connectivity index (χ1n) is 7.91. The molecule has 2 aromatic rings. The molecule has 0 radical (unpaired) electrons. The molecule has 3 rings (SSSR count). The first kappa shape index (κ1) is 14.9. The maximum absolute atomic E-state index is 13.6. The molecule has 1 fully saturated rings. The van der Waals surface area contributed by atoms with Gasteiger partial charge in [0.15, 0.2) is 0 Å². The predicted molar refractivity (Wildman–Crippen MR) is 83.1 cm³/mol. The largest absolute Gasteiger partial charge is 0.462 e. The Hall–Kier alpha value is -1.97. The third-order valence-corrected chi connectivity index (χ3v) is 4.39. The Morgan fingerprint density at radius 1 is 1.36 bits per heavy atom. The smallest absolute Gasteiger partial charge is 0.305 e. The highest BCUT2D eigenvalue weighted by atomic mass is 19.1. The number of fused-ring (bicyclic) bond motifs is 1. The number of benzene rings is 1. The molecule has 4 heteroatoms. The average Bonchev–Trinajstić information content (AvgIpc) is 2.54. The van der Waals surface area contributed by atoms with Crippen LogP contribution in [0, 0.1) is 5.82 Å². The van der Waals surface area contributed by atoms with Crippen LogP contribution in [0.1, 0.15) is 50.5 Å². The number of aromatic nitrogens is 1. The van der Waals surface area contributed by atoms with Crippen molar-refractivity contribution >= 4 is 16.9 Å². The maximum Gasteiger partial charge on any atom is 0.305 e. The minimum absolute atomic E-state index is 0.0250. The second kappa shape index (κ2) is 6.42. The fourth-order valence-electron chi connectivity index (χ4n) is 3.30. The van der Waals surface area contributed by atoms with Gasteiger partial charge in [0.1, 0.15) is 11.9 Å². The topological polar surface area (TPSA) is 39.2 Å². The number of pyridine rings is 1. The van der Waals surface area contributed by atoms with Crippen molar-refractivity contribution < 1.29 is 13.9 Å². The van der Waals surface area contributed by atoms with Crippen LogP contribution < -0.4 is 0 Å². The highest BCUT2D eigenvalue weighted by Gasteiger charge is 2.26. The fourth-order valence-corrected chi connectivity index (χ4v) is 3.30. The lowest BCUT2D eigenvalue weighted by molar-refractivity contribution is -0.150. The van der Waals surface area contributed by atoms with Crippen molar-refractivity contribution in [2.24, 2.45) is 0 Å². The molecule has 1 aromatic heterocycles. The summed E-state index contributed by atoms with van der Waals surface area (Å²) < 4.78 is 19.1. The average molecular weight is 301 g/mol. The molecule has 116 valence electrons. The number of halogens is 1. The van der Waals surface area contributed by atoms with Crippen LogP contribution in [-0.2, 0) is 9.53 Å². The summed E-state index contributed by atoms with van der Waals surface area (Å²) in [5, 5.41) is 0.870. The molecule has 0 N–H and O–H groups in total. The molecule has 2 atom stereocenters. The molecule has 3 nitrogen and oxygen atoms in total. The van der Waals surface area contributed by atoms with Crippen LogP contribution in [0.15, 0.2) is 30.5 Å². The Morgan fingerprint density at radius 2 is 2.23 bits per heavy atom. The highest BCUT2D eigenvalue weighted by Crippen LogP contribution is 2.37.